The van der Waals surface area contributed by atoms with Crippen molar-refractivity contribution in [2.45, 2.75) is 65.7 Å². The topological polar surface area (TPSA) is 110 Å². The fourth-order valence-corrected chi connectivity index (χ4v) is 6.00. The van der Waals surface area contributed by atoms with Crippen molar-refractivity contribution in [1.29, 1.82) is 0 Å². The number of nitrogens with one attached hydrogen (secondary N) is 2. The largest absolute Gasteiger partial charge is 0.476 e. The Morgan fingerprint density at radius 2 is 1.90 bits per heavy atom. The zero-order valence-electron chi connectivity index (χ0n) is 24.8. The SMILES string of the molecule is C=C(C)c1cn(CC(=O)N(C)C(CC)C(=O)NCc2cccc(Cl)c2F)c2cc(OCS(=O)(=O)NC(C)(C)C)ccc12. The third kappa shape index (κ3) is 8.33. The van der Waals surface area contributed by atoms with E-state index in [0.717, 1.165) is 16.5 Å². The zero-order chi connectivity index (χ0) is 31.4. The van der Waals surface area contributed by atoms with Gasteiger partial charge in [-0.2, -0.15) is 0 Å². The molecule has 0 aliphatic rings. The number of benzene rings is 2. The van der Waals surface area contributed by atoms with Crippen LogP contribution in [0.2, 0.25) is 5.02 Å². The second-order valence-electron chi connectivity index (χ2n) is 11.2. The summed E-state index contributed by atoms with van der Waals surface area (Å²) in [4.78, 5) is 27.7. The van der Waals surface area contributed by atoms with E-state index in [-0.39, 0.29) is 29.6 Å². The molecule has 1 unspecified atom stereocenters. The third-order valence-corrected chi connectivity index (χ3v) is 8.14. The standard InChI is InChI=1S/C30H38ClFN4O5S/c1-8-25(29(38)33-15-20-10-9-11-24(31)28(20)32)35(7)27(37)17-36-16-23(19(2)3)22-13-12-21(14-26(22)36)41-18-42(39,40)34-30(4,5)6/h9-14,16,25,34H,2,8,15,17-18H2,1,3-7H3,(H,33,38). The van der Waals surface area contributed by atoms with Gasteiger partial charge in [-0.15, -0.1) is 0 Å². The predicted molar refractivity (Wildman–Crippen MR) is 164 cm³/mol. The number of sulfonamides is 1. The Bertz CT molecular complexity index is 1600. The Hall–Kier alpha value is -3.41. The lowest BCUT2D eigenvalue weighted by Crippen LogP contribution is -2.48. The molecule has 2 aromatic carbocycles. The molecule has 2 amide bonds. The van der Waals surface area contributed by atoms with E-state index in [9.17, 15) is 22.4 Å². The van der Waals surface area contributed by atoms with E-state index >= 15 is 0 Å². The highest BCUT2D eigenvalue weighted by molar-refractivity contribution is 7.89. The van der Waals surface area contributed by atoms with E-state index in [1.165, 1.54) is 17.0 Å². The molecule has 0 bridgehead atoms. The van der Waals surface area contributed by atoms with Gasteiger partial charge < -0.3 is 19.5 Å². The fraction of sp³-hybridized carbons (Fsp3) is 0.400. The molecule has 2 N–H and O–H groups in total. The van der Waals surface area contributed by atoms with E-state index in [2.05, 4.69) is 16.6 Å². The molecular formula is C30H38ClFN4O5S. The number of likely N-dealkylation sites (N-methyl/N-ethyl adjacent to an activating group) is 1. The summed E-state index contributed by atoms with van der Waals surface area (Å²) in [6.07, 6.45) is 2.13. The van der Waals surface area contributed by atoms with E-state index < -0.39 is 39.3 Å². The number of halogens is 2. The van der Waals surface area contributed by atoms with Gasteiger partial charge in [0.25, 0.3) is 0 Å². The number of hydrogen-bond donors (Lipinski definition) is 2. The summed E-state index contributed by atoms with van der Waals surface area (Å²) in [6.45, 7) is 12.7. The van der Waals surface area contributed by atoms with Crippen LogP contribution in [0, 0.1) is 5.82 Å². The van der Waals surface area contributed by atoms with E-state index in [0.29, 0.717) is 17.7 Å². The quantitative estimate of drug-likeness (QED) is 0.294. The van der Waals surface area contributed by atoms with Crippen LogP contribution in [-0.2, 0) is 32.7 Å². The third-order valence-electron chi connectivity index (χ3n) is 6.50. The number of ether oxygens (including phenoxy) is 1. The molecule has 0 saturated carbocycles. The van der Waals surface area contributed by atoms with Gasteiger partial charge in [0.1, 0.15) is 24.2 Å². The van der Waals surface area contributed by atoms with Gasteiger partial charge in [0.15, 0.2) is 0 Å². The molecule has 1 aromatic heterocycles. The highest BCUT2D eigenvalue weighted by atomic mass is 35.5. The van der Waals surface area contributed by atoms with E-state index in [1.807, 2.05) is 6.92 Å². The van der Waals surface area contributed by atoms with Gasteiger partial charge in [-0.3, -0.25) is 9.59 Å². The average Bonchev–Trinajstić information content (AvgIpc) is 3.25. The first-order valence-corrected chi connectivity index (χ1v) is 15.5. The first kappa shape index (κ1) is 33.1. The molecule has 0 radical (unpaired) electrons. The van der Waals surface area contributed by atoms with E-state index in [4.69, 9.17) is 16.3 Å². The van der Waals surface area contributed by atoms with Gasteiger partial charge in [-0.05, 0) is 57.9 Å². The van der Waals surface area contributed by atoms with Crippen LogP contribution in [0.25, 0.3) is 16.5 Å². The molecule has 0 aliphatic heterocycles. The Kier molecular flexibility index (Phi) is 10.5. The number of rotatable bonds is 12. The van der Waals surface area contributed by atoms with Crippen molar-refractivity contribution >= 4 is 49.9 Å². The van der Waals surface area contributed by atoms with Gasteiger partial charge in [-0.25, -0.2) is 17.5 Å². The second-order valence-corrected chi connectivity index (χ2v) is 13.3. The first-order valence-electron chi connectivity index (χ1n) is 13.4. The molecule has 1 heterocycles. The van der Waals surface area contributed by atoms with Crippen molar-refractivity contribution in [1.82, 2.24) is 19.5 Å². The van der Waals surface area contributed by atoms with Gasteiger partial charge in [0.2, 0.25) is 27.8 Å². The molecule has 228 valence electrons. The maximum absolute atomic E-state index is 14.3. The normalized spacial score (nSPS) is 12.7. The minimum atomic E-state index is -3.71. The van der Waals surface area contributed by atoms with Crippen molar-refractivity contribution in [3.8, 4) is 5.75 Å². The molecule has 42 heavy (non-hydrogen) atoms. The predicted octanol–water partition coefficient (Wildman–Crippen LogP) is 5.07. The molecule has 3 rings (SSSR count). The molecule has 9 nitrogen and oxygen atoms in total. The van der Waals surface area contributed by atoms with Crippen LogP contribution in [0.3, 0.4) is 0 Å². The summed E-state index contributed by atoms with van der Waals surface area (Å²) in [5.41, 5.74) is 1.84. The number of allylic oxidation sites excluding steroid dienone is 1. The fourth-order valence-electron chi connectivity index (χ4n) is 4.53. The number of amides is 2. The number of carbonyl (C=O) groups is 2. The summed E-state index contributed by atoms with van der Waals surface area (Å²) in [5.74, 6) is -1.61. The van der Waals surface area contributed by atoms with Crippen molar-refractivity contribution in [3.63, 3.8) is 0 Å². The maximum atomic E-state index is 14.3. The van der Waals surface area contributed by atoms with Crippen LogP contribution < -0.4 is 14.8 Å². The van der Waals surface area contributed by atoms with Crippen LogP contribution in [0.4, 0.5) is 4.39 Å². The molecule has 0 spiro atoms. The maximum Gasteiger partial charge on any atom is 0.247 e. The van der Waals surface area contributed by atoms with Crippen molar-refractivity contribution in [2.24, 2.45) is 0 Å². The Balaban J connectivity index is 1.79. The summed E-state index contributed by atoms with van der Waals surface area (Å²) in [7, 11) is -2.16. The monoisotopic (exact) mass is 620 g/mol. The van der Waals surface area contributed by atoms with Gasteiger partial charge >= 0.3 is 0 Å². The minimum absolute atomic E-state index is 0.0362. The number of hydrogen-bond acceptors (Lipinski definition) is 5. The van der Waals surface area contributed by atoms with Crippen molar-refractivity contribution < 1.29 is 27.1 Å². The lowest BCUT2D eigenvalue weighted by molar-refractivity contribution is -0.139. The molecule has 3 aromatic rings. The van der Waals surface area contributed by atoms with Gasteiger partial charge in [0.05, 0.1) is 10.5 Å². The Labute approximate surface area is 251 Å². The van der Waals surface area contributed by atoms with E-state index in [1.54, 1.807) is 69.8 Å². The lowest BCUT2D eigenvalue weighted by atomic mass is 10.1. The van der Waals surface area contributed by atoms with Gasteiger partial charge in [-0.1, -0.05) is 37.2 Å². The Morgan fingerprint density at radius 1 is 1.21 bits per heavy atom. The lowest BCUT2D eigenvalue weighted by Gasteiger charge is -2.27. The molecule has 0 aliphatic carbocycles. The van der Waals surface area contributed by atoms with Gasteiger partial charge in [0, 0.05) is 47.9 Å². The van der Waals surface area contributed by atoms with Crippen LogP contribution in [0.15, 0.2) is 49.2 Å². The van der Waals surface area contributed by atoms with Crippen LogP contribution in [0.1, 0.15) is 52.2 Å². The van der Waals surface area contributed by atoms with Crippen LogP contribution >= 0.6 is 11.6 Å². The van der Waals surface area contributed by atoms with Crippen molar-refractivity contribution in [3.05, 3.63) is 71.1 Å². The second kappa shape index (κ2) is 13.3. The van der Waals surface area contributed by atoms with Crippen LogP contribution in [-0.4, -0.2) is 54.3 Å². The number of aromatic nitrogens is 1. The summed E-state index contributed by atoms with van der Waals surface area (Å²) in [5, 5.41) is 3.47. The minimum Gasteiger partial charge on any atom is -0.476 e. The number of fused-ring (bicyclic) bond motifs is 1. The zero-order valence-corrected chi connectivity index (χ0v) is 26.3. The first-order chi connectivity index (χ1) is 19.5. The number of nitrogens with zero attached hydrogens (tertiary/aromatic N) is 2. The Morgan fingerprint density at radius 3 is 2.52 bits per heavy atom. The smallest absolute Gasteiger partial charge is 0.247 e. The summed E-state index contributed by atoms with van der Waals surface area (Å²) >= 11 is 5.84. The highest BCUT2D eigenvalue weighted by Gasteiger charge is 2.26. The molecule has 12 heteroatoms. The molecule has 1 atom stereocenters. The summed E-state index contributed by atoms with van der Waals surface area (Å²) < 4.78 is 48.9. The van der Waals surface area contributed by atoms with Crippen molar-refractivity contribution in [2.75, 3.05) is 13.0 Å². The molecular weight excluding hydrogens is 583 g/mol. The summed E-state index contributed by atoms with van der Waals surface area (Å²) in [6, 6.07) is 8.89. The van der Waals surface area contributed by atoms with Crippen LogP contribution in [0.5, 0.6) is 5.75 Å². The average molecular weight is 621 g/mol. The number of carbonyl (C=O) groups excluding carboxylic acids is 2. The molecule has 0 fully saturated rings. The highest BCUT2D eigenvalue weighted by Crippen LogP contribution is 2.30. The molecule has 0 saturated heterocycles.